The highest BCUT2D eigenvalue weighted by Gasteiger charge is 2.11. The highest BCUT2D eigenvalue weighted by Crippen LogP contribution is 2.21. The maximum absolute atomic E-state index is 13.0. The highest BCUT2D eigenvalue weighted by atomic mass is 32.1. The minimum absolute atomic E-state index is 0.00909. The van der Waals surface area contributed by atoms with Gasteiger partial charge < -0.3 is 9.47 Å². The minimum Gasteiger partial charge on any atom is -0.490 e. The summed E-state index contributed by atoms with van der Waals surface area (Å²) >= 11 is 1.34. The van der Waals surface area contributed by atoms with Gasteiger partial charge in [0.1, 0.15) is 24.7 Å². The predicted octanol–water partition coefficient (Wildman–Crippen LogP) is 3.82. The van der Waals surface area contributed by atoms with Crippen molar-refractivity contribution in [3.63, 3.8) is 0 Å². The van der Waals surface area contributed by atoms with Crippen molar-refractivity contribution >= 4 is 39.1 Å². The molecule has 164 valence electrons. The summed E-state index contributed by atoms with van der Waals surface area (Å²) in [5, 5.41) is 10.7. The van der Waals surface area contributed by atoms with Crippen molar-refractivity contribution in [2.75, 3.05) is 13.2 Å². The summed E-state index contributed by atoms with van der Waals surface area (Å²) in [5.74, 6) is 1.15. The van der Waals surface area contributed by atoms with Crippen LogP contribution in [0.25, 0.3) is 22.1 Å². The maximum atomic E-state index is 13.0. The van der Waals surface area contributed by atoms with Gasteiger partial charge in [0, 0.05) is 17.7 Å². The second-order valence-electron chi connectivity index (χ2n) is 7.12. The Labute approximate surface area is 191 Å². The van der Waals surface area contributed by atoms with Crippen LogP contribution in [0, 0.1) is 10.1 Å². The van der Waals surface area contributed by atoms with E-state index in [0.717, 1.165) is 16.6 Å². The molecule has 0 fully saturated rings. The number of rotatable bonds is 7. The Hall–Kier alpha value is -4.24. The molecule has 0 amide bonds. The highest BCUT2D eigenvalue weighted by molar-refractivity contribution is 7.15. The number of thiazole rings is 1. The van der Waals surface area contributed by atoms with Gasteiger partial charge in [-0.3, -0.25) is 14.9 Å². The van der Waals surface area contributed by atoms with Crippen LogP contribution in [-0.2, 0) is 0 Å². The summed E-state index contributed by atoms with van der Waals surface area (Å²) < 4.78 is 13.7. The molecule has 3 aromatic carbocycles. The van der Waals surface area contributed by atoms with Crippen molar-refractivity contribution in [2.45, 2.75) is 0 Å². The predicted molar refractivity (Wildman–Crippen MR) is 126 cm³/mol. The quantitative estimate of drug-likeness (QED) is 0.209. The zero-order valence-electron chi connectivity index (χ0n) is 17.2. The molecule has 5 aromatic rings. The molecule has 0 unspecified atom stereocenters. The molecule has 5 rings (SSSR count). The summed E-state index contributed by atoms with van der Waals surface area (Å²) in [6, 6.07) is 20.9. The summed E-state index contributed by atoms with van der Waals surface area (Å²) in [4.78, 5) is 28.5. The van der Waals surface area contributed by atoms with Gasteiger partial charge in [0.15, 0.2) is 4.96 Å². The third-order valence-electron chi connectivity index (χ3n) is 5.01. The Bertz CT molecular complexity index is 1570. The molecule has 0 spiro atoms. The van der Waals surface area contributed by atoms with Crippen LogP contribution in [0.4, 0.5) is 5.69 Å². The number of imidazole rings is 1. The van der Waals surface area contributed by atoms with Crippen LogP contribution in [0.5, 0.6) is 11.5 Å². The molecule has 0 aliphatic carbocycles. The molecular weight excluding hydrogens is 442 g/mol. The van der Waals surface area contributed by atoms with E-state index in [4.69, 9.17) is 9.47 Å². The van der Waals surface area contributed by atoms with Crippen LogP contribution >= 0.6 is 11.3 Å². The molecule has 0 aliphatic rings. The first kappa shape index (κ1) is 20.7. The molecule has 8 nitrogen and oxygen atoms in total. The van der Waals surface area contributed by atoms with Gasteiger partial charge in [-0.05, 0) is 36.4 Å². The van der Waals surface area contributed by atoms with Gasteiger partial charge in [0.25, 0.3) is 11.2 Å². The summed E-state index contributed by atoms with van der Waals surface area (Å²) in [7, 11) is 0. The maximum Gasteiger partial charge on any atom is 0.274 e. The van der Waals surface area contributed by atoms with Crippen LogP contribution in [-0.4, -0.2) is 27.5 Å². The van der Waals surface area contributed by atoms with Crippen molar-refractivity contribution in [3.8, 4) is 11.5 Å². The Kier molecular flexibility index (Phi) is 5.45. The van der Waals surface area contributed by atoms with Gasteiger partial charge in [0.05, 0.1) is 20.5 Å². The molecule has 0 radical (unpaired) electrons. The van der Waals surface area contributed by atoms with E-state index in [0.29, 0.717) is 21.0 Å². The molecule has 2 heterocycles. The van der Waals surface area contributed by atoms with E-state index in [-0.39, 0.29) is 24.5 Å². The number of hydrogen-bond donors (Lipinski definition) is 0. The standard InChI is InChI=1S/C24H17N3O5S/c28-23-22(33-24-25-19-6-2-3-7-20(19)26(23)24)15-16-5-1-4-8-21(16)32-14-13-31-18-11-9-17(10-12-18)27(29)30/h1-12,15H,13-14H2. The number of benzene rings is 3. The van der Waals surface area contributed by atoms with E-state index < -0.39 is 4.92 Å². The normalized spacial score (nSPS) is 11.8. The van der Waals surface area contributed by atoms with E-state index in [1.54, 1.807) is 16.5 Å². The first-order valence-electron chi connectivity index (χ1n) is 10.1. The molecule has 33 heavy (non-hydrogen) atoms. The molecule has 2 aromatic heterocycles. The fourth-order valence-corrected chi connectivity index (χ4v) is 4.44. The number of hydrogen-bond acceptors (Lipinski definition) is 7. The SMILES string of the molecule is O=c1c(=Cc2ccccc2OCCOc2ccc([N+](=O)[O-])cc2)sc2nc3ccccc3n12. The zero-order valence-corrected chi connectivity index (χ0v) is 18.0. The number of nitrogens with zero attached hydrogens (tertiary/aromatic N) is 3. The molecule has 0 bridgehead atoms. The van der Waals surface area contributed by atoms with Gasteiger partial charge >= 0.3 is 0 Å². The van der Waals surface area contributed by atoms with Crippen LogP contribution in [0.3, 0.4) is 0 Å². The van der Waals surface area contributed by atoms with Crippen LogP contribution in [0.15, 0.2) is 77.6 Å². The van der Waals surface area contributed by atoms with Crippen LogP contribution < -0.4 is 19.6 Å². The van der Waals surface area contributed by atoms with Crippen LogP contribution in [0.1, 0.15) is 5.56 Å². The Morgan fingerprint density at radius 3 is 2.52 bits per heavy atom. The number of aromatic nitrogens is 2. The molecule has 0 aliphatic heterocycles. The largest absolute Gasteiger partial charge is 0.490 e. The lowest BCUT2D eigenvalue weighted by molar-refractivity contribution is -0.384. The number of fused-ring (bicyclic) bond motifs is 3. The van der Waals surface area contributed by atoms with Gasteiger partial charge in [0.2, 0.25) is 0 Å². The summed E-state index contributed by atoms with van der Waals surface area (Å²) in [6.07, 6.45) is 1.81. The third-order valence-corrected chi connectivity index (χ3v) is 5.98. The second kappa shape index (κ2) is 8.71. The number of ether oxygens (including phenoxy) is 2. The van der Waals surface area contributed by atoms with E-state index in [1.165, 1.54) is 23.5 Å². The fraction of sp³-hybridized carbons (Fsp3) is 0.0833. The van der Waals surface area contributed by atoms with Gasteiger partial charge in [-0.2, -0.15) is 0 Å². The van der Waals surface area contributed by atoms with Gasteiger partial charge in [-0.1, -0.05) is 41.7 Å². The summed E-state index contributed by atoms with van der Waals surface area (Å²) in [6.45, 7) is 0.530. The van der Waals surface area contributed by atoms with Crippen LogP contribution in [0.2, 0.25) is 0 Å². The Morgan fingerprint density at radius 2 is 1.70 bits per heavy atom. The Balaban J connectivity index is 1.33. The lowest BCUT2D eigenvalue weighted by atomic mass is 10.2. The number of para-hydroxylation sites is 3. The van der Waals surface area contributed by atoms with Crippen molar-refractivity contribution in [2.24, 2.45) is 0 Å². The molecule has 0 saturated heterocycles. The van der Waals surface area contributed by atoms with Crippen molar-refractivity contribution in [3.05, 3.63) is 103 Å². The van der Waals surface area contributed by atoms with E-state index in [9.17, 15) is 14.9 Å². The lowest BCUT2D eigenvalue weighted by Gasteiger charge is -2.10. The van der Waals surface area contributed by atoms with Crippen molar-refractivity contribution in [1.82, 2.24) is 9.38 Å². The minimum atomic E-state index is -0.457. The number of non-ortho nitro benzene ring substituents is 1. The van der Waals surface area contributed by atoms with E-state index in [2.05, 4.69) is 4.98 Å². The third kappa shape index (κ3) is 4.13. The smallest absolute Gasteiger partial charge is 0.274 e. The lowest BCUT2D eigenvalue weighted by Crippen LogP contribution is -2.22. The first-order chi connectivity index (χ1) is 16.1. The van der Waals surface area contributed by atoms with Crippen molar-refractivity contribution in [1.29, 1.82) is 0 Å². The average Bonchev–Trinajstić information content (AvgIpc) is 3.34. The molecule has 0 saturated carbocycles. The number of nitro benzene ring substituents is 1. The van der Waals surface area contributed by atoms with E-state index >= 15 is 0 Å². The zero-order chi connectivity index (χ0) is 22.8. The Morgan fingerprint density at radius 1 is 0.970 bits per heavy atom. The summed E-state index contributed by atoms with van der Waals surface area (Å²) in [5.41, 5.74) is 2.26. The molecule has 0 N–H and O–H groups in total. The second-order valence-corrected chi connectivity index (χ2v) is 8.13. The fourth-order valence-electron chi connectivity index (χ4n) is 3.46. The number of nitro groups is 1. The van der Waals surface area contributed by atoms with E-state index in [1.807, 2.05) is 54.6 Å². The first-order valence-corrected chi connectivity index (χ1v) is 10.9. The molecular formula is C24H17N3O5S. The topological polar surface area (TPSA) is 96.0 Å². The molecule has 9 heteroatoms. The molecule has 0 atom stereocenters. The van der Waals surface area contributed by atoms with Gasteiger partial charge in [-0.25, -0.2) is 9.38 Å². The van der Waals surface area contributed by atoms with Gasteiger partial charge in [-0.15, -0.1) is 0 Å². The monoisotopic (exact) mass is 459 g/mol. The average molecular weight is 459 g/mol. The van der Waals surface area contributed by atoms with Crippen molar-refractivity contribution < 1.29 is 14.4 Å².